The van der Waals surface area contributed by atoms with Gasteiger partial charge in [0.25, 0.3) is 0 Å². The van der Waals surface area contributed by atoms with E-state index in [4.69, 9.17) is 21.8 Å². The Morgan fingerprint density at radius 3 is 2.46 bits per heavy atom. The maximum Gasteiger partial charge on any atom is 0.340 e. The Kier molecular flexibility index (Phi) is 2.38. The highest BCUT2D eigenvalue weighted by atomic mass is 35.5. The summed E-state index contributed by atoms with van der Waals surface area (Å²) in [7, 11) is 0. The molecule has 3 nitrogen and oxygen atoms in total. The lowest BCUT2D eigenvalue weighted by molar-refractivity contribution is 0.0691. The van der Waals surface area contributed by atoms with Gasteiger partial charge in [0.1, 0.15) is 11.4 Å². The number of benzene rings is 1. The summed E-state index contributed by atoms with van der Waals surface area (Å²) in [5.74, 6) is -5.34. The van der Waals surface area contributed by atoms with Crippen LogP contribution in [0.1, 0.15) is 10.4 Å². The molecule has 0 saturated heterocycles. The van der Waals surface area contributed by atoms with Crippen molar-refractivity contribution in [1.82, 2.24) is 0 Å². The van der Waals surface area contributed by atoms with Crippen molar-refractivity contribution in [2.45, 2.75) is 0 Å². The van der Waals surface area contributed by atoms with Gasteiger partial charge < -0.3 is 10.2 Å². The second kappa shape index (κ2) is 3.18. The molecule has 1 rings (SSSR count). The van der Waals surface area contributed by atoms with E-state index in [2.05, 4.69) is 0 Å². The molecule has 0 aliphatic rings. The number of rotatable bonds is 1. The number of phenols is 1. The minimum atomic E-state index is -1.69. The van der Waals surface area contributed by atoms with E-state index in [-0.39, 0.29) is 0 Å². The van der Waals surface area contributed by atoms with E-state index in [9.17, 15) is 13.6 Å². The number of carboxylic acids is 1. The highest BCUT2D eigenvalue weighted by molar-refractivity contribution is 6.33. The second-order valence-electron chi connectivity index (χ2n) is 2.19. The zero-order valence-electron chi connectivity index (χ0n) is 6.01. The monoisotopic (exact) mass is 208 g/mol. The van der Waals surface area contributed by atoms with Gasteiger partial charge in [0.05, 0.1) is 5.02 Å². The number of hydrogen-bond acceptors (Lipinski definition) is 2. The zero-order chi connectivity index (χ0) is 10.2. The van der Waals surface area contributed by atoms with Crippen molar-refractivity contribution in [3.63, 3.8) is 0 Å². The average Bonchev–Trinajstić information content (AvgIpc) is 1.99. The molecule has 0 aliphatic heterocycles. The molecule has 0 unspecified atom stereocenters. The number of carbonyl (C=O) groups is 1. The van der Waals surface area contributed by atoms with Gasteiger partial charge in [0.15, 0.2) is 11.6 Å². The van der Waals surface area contributed by atoms with Crippen LogP contribution in [0, 0.1) is 11.6 Å². The molecule has 2 N–H and O–H groups in total. The van der Waals surface area contributed by atoms with Crippen LogP contribution >= 0.6 is 11.6 Å². The van der Waals surface area contributed by atoms with E-state index in [1.807, 2.05) is 0 Å². The number of halogens is 3. The second-order valence-corrected chi connectivity index (χ2v) is 2.56. The molecule has 1 aromatic rings. The Bertz CT molecular complexity index is 378. The Balaban J connectivity index is 3.53. The number of aromatic carboxylic acids is 1. The van der Waals surface area contributed by atoms with Crippen molar-refractivity contribution < 1.29 is 23.8 Å². The van der Waals surface area contributed by atoms with Crippen molar-refractivity contribution in [2.75, 3.05) is 0 Å². The van der Waals surface area contributed by atoms with Crippen molar-refractivity contribution in [3.05, 3.63) is 28.3 Å². The summed E-state index contributed by atoms with van der Waals surface area (Å²) in [5, 5.41) is 16.1. The van der Waals surface area contributed by atoms with E-state index in [1.54, 1.807) is 0 Å². The van der Waals surface area contributed by atoms with Crippen LogP contribution in [-0.4, -0.2) is 16.2 Å². The van der Waals surface area contributed by atoms with Crippen LogP contribution < -0.4 is 0 Å². The van der Waals surface area contributed by atoms with Gasteiger partial charge in [-0.1, -0.05) is 11.6 Å². The van der Waals surface area contributed by atoms with Gasteiger partial charge in [-0.25, -0.2) is 13.6 Å². The Hall–Kier alpha value is -1.36. The van der Waals surface area contributed by atoms with Crippen LogP contribution in [0.2, 0.25) is 5.02 Å². The van der Waals surface area contributed by atoms with Gasteiger partial charge in [-0.05, 0) is 0 Å². The summed E-state index contributed by atoms with van der Waals surface area (Å²) < 4.78 is 25.5. The number of carboxylic acid groups (broad SMARTS) is 1. The summed E-state index contributed by atoms with van der Waals surface area (Å²) in [6.07, 6.45) is 0. The fourth-order valence-electron chi connectivity index (χ4n) is 0.779. The molecule has 0 aromatic heterocycles. The summed E-state index contributed by atoms with van der Waals surface area (Å²) in [5.41, 5.74) is -0.989. The van der Waals surface area contributed by atoms with Gasteiger partial charge in [0, 0.05) is 6.07 Å². The first-order valence-electron chi connectivity index (χ1n) is 3.05. The highest BCUT2D eigenvalue weighted by Gasteiger charge is 2.21. The summed E-state index contributed by atoms with van der Waals surface area (Å²) in [6.45, 7) is 0. The number of hydrogen-bond donors (Lipinski definition) is 2. The molecular weight excluding hydrogens is 206 g/mol. The fourth-order valence-corrected chi connectivity index (χ4v) is 1.05. The Morgan fingerprint density at radius 2 is 2.00 bits per heavy atom. The minimum absolute atomic E-state index is 0.352. The van der Waals surface area contributed by atoms with Gasteiger partial charge in [-0.3, -0.25) is 0 Å². The number of aromatic hydroxyl groups is 1. The van der Waals surface area contributed by atoms with Gasteiger partial charge in [0.2, 0.25) is 0 Å². The molecule has 0 radical (unpaired) electrons. The van der Waals surface area contributed by atoms with Gasteiger partial charge in [-0.2, -0.15) is 0 Å². The van der Waals surface area contributed by atoms with Gasteiger partial charge in [-0.15, -0.1) is 0 Å². The van der Waals surface area contributed by atoms with Crippen molar-refractivity contribution in [1.29, 1.82) is 0 Å². The van der Waals surface area contributed by atoms with Crippen molar-refractivity contribution >= 4 is 17.6 Å². The molecular formula is C7H3ClF2O3. The molecule has 6 heteroatoms. The summed E-state index contributed by atoms with van der Waals surface area (Å²) in [4.78, 5) is 10.3. The van der Waals surface area contributed by atoms with Crippen molar-refractivity contribution in [3.8, 4) is 5.75 Å². The lowest BCUT2D eigenvalue weighted by Crippen LogP contribution is -2.03. The smallest absolute Gasteiger partial charge is 0.340 e. The van der Waals surface area contributed by atoms with Crippen LogP contribution in [-0.2, 0) is 0 Å². The lowest BCUT2D eigenvalue weighted by atomic mass is 10.2. The molecule has 0 aliphatic carbocycles. The molecule has 70 valence electrons. The minimum Gasteiger partial charge on any atom is -0.505 e. The Morgan fingerprint density at radius 1 is 1.46 bits per heavy atom. The third-order valence-electron chi connectivity index (χ3n) is 1.35. The lowest BCUT2D eigenvalue weighted by Gasteiger charge is -2.03. The maximum absolute atomic E-state index is 12.8. The SMILES string of the molecule is O=C(O)c1c(F)cc(O)c(F)c1Cl. The topological polar surface area (TPSA) is 57.5 Å². The quantitative estimate of drug-likeness (QED) is 0.695. The highest BCUT2D eigenvalue weighted by Crippen LogP contribution is 2.29. The molecule has 0 heterocycles. The molecule has 0 spiro atoms. The van der Waals surface area contributed by atoms with Gasteiger partial charge >= 0.3 is 5.97 Å². The Labute approximate surface area is 76.2 Å². The fraction of sp³-hybridized carbons (Fsp3) is 0. The third-order valence-corrected chi connectivity index (χ3v) is 1.71. The van der Waals surface area contributed by atoms with E-state index in [0.29, 0.717) is 6.07 Å². The molecule has 0 fully saturated rings. The van der Waals surface area contributed by atoms with Crippen LogP contribution in [0.5, 0.6) is 5.75 Å². The van der Waals surface area contributed by atoms with E-state index < -0.39 is 33.9 Å². The largest absolute Gasteiger partial charge is 0.505 e. The maximum atomic E-state index is 12.8. The summed E-state index contributed by atoms with van der Waals surface area (Å²) in [6, 6.07) is 0.352. The average molecular weight is 209 g/mol. The molecule has 0 atom stereocenters. The number of phenolic OH excluding ortho intramolecular Hbond substituents is 1. The van der Waals surface area contributed by atoms with Crippen LogP contribution in [0.25, 0.3) is 0 Å². The van der Waals surface area contributed by atoms with E-state index in [1.165, 1.54) is 0 Å². The zero-order valence-corrected chi connectivity index (χ0v) is 6.77. The molecule has 1 aromatic carbocycles. The van der Waals surface area contributed by atoms with E-state index >= 15 is 0 Å². The van der Waals surface area contributed by atoms with Crippen molar-refractivity contribution in [2.24, 2.45) is 0 Å². The molecule has 0 bridgehead atoms. The summed E-state index contributed by atoms with van der Waals surface area (Å²) >= 11 is 5.14. The normalized spacial score (nSPS) is 10.1. The molecule has 0 amide bonds. The first-order chi connectivity index (χ1) is 5.95. The van der Waals surface area contributed by atoms with Crippen LogP contribution in [0.15, 0.2) is 6.07 Å². The predicted molar refractivity (Wildman–Crippen MR) is 40.0 cm³/mol. The first kappa shape index (κ1) is 9.73. The molecule has 0 saturated carbocycles. The standard InChI is InChI=1S/C7H3ClF2O3/c8-5-4(7(12)13)2(9)1-3(11)6(5)10/h1,11H,(H,12,13). The van der Waals surface area contributed by atoms with Crippen LogP contribution in [0.4, 0.5) is 8.78 Å². The predicted octanol–water partition coefficient (Wildman–Crippen LogP) is 2.02. The van der Waals surface area contributed by atoms with E-state index in [0.717, 1.165) is 0 Å². The first-order valence-corrected chi connectivity index (χ1v) is 3.42. The molecule has 13 heavy (non-hydrogen) atoms. The van der Waals surface area contributed by atoms with Crippen LogP contribution in [0.3, 0.4) is 0 Å². The third kappa shape index (κ3) is 1.55.